The zero-order valence-corrected chi connectivity index (χ0v) is 7.77. The Morgan fingerprint density at radius 2 is 1.71 bits per heavy atom. The van der Waals surface area contributed by atoms with Gasteiger partial charge in [0.05, 0.1) is 13.7 Å². The molecule has 0 unspecified atom stereocenters. The first-order valence-electron chi connectivity index (χ1n) is 3.80. The Hall–Kier alpha value is -2.04. The van der Waals surface area contributed by atoms with Crippen LogP contribution in [0.5, 0.6) is 5.75 Å². The van der Waals surface area contributed by atoms with Gasteiger partial charge in [-0.1, -0.05) is 12.1 Å². The van der Waals surface area contributed by atoms with E-state index in [9.17, 15) is 0 Å². The third-order valence-electron chi connectivity index (χ3n) is 1.39. The summed E-state index contributed by atoms with van der Waals surface area (Å²) in [6, 6.07) is 9.79. The molecule has 0 aliphatic rings. The van der Waals surface area contributed by atoms with E-state index in [0.29, 0.717) is 0 Å². The van der Waals surface area contributed by atoms with Gasteiger partial charge in [-0.3, -0.25) is 0 Å². The standard InChI is InChI=1S/C8H10O2.C2N2/c1-10-8-4-2-7(6-9)3-5-8;3-1-2-4/h2-5,9H,6H2,1H3;. The Balaban J connectivity index is 0.000000364. The smallest absolute Gasteiger partial charge is 0.181 e. The van der Waals surface area contributed by atoms with Crippen LogP contribution < -0.4 is 4.74 Å². The van der Waals surface area contributed by atoms with Gasteiger partial charge in [-0.25, -0.2) is 0 Å². The third kappa shape index (κ3) is 4.76. The fourth-order valence-corrected chi connectivity index (χ4v) is 0.731. The van der Waals surface area contributed by atoms with Crippen LogP contribution in [0.4, 0.5) is 0 Å². The highest BCUT2D eigenvalue weighted by Crippen LogP contribution is 2.10. The molecule has 0 amide bonds. The molecule has 1 aromatic rings. The molecule has 14 heavy (non-hydrogen) atoms. The summed E-state index contributed by atoms with van der Waals surface area (Å²) < 4.78 is 4.93. The van der Waals surface area contributed by atoms with Gasteiger partial charge in [0.15, 0.2) is 12.1 Å². The highest BCUT2D eigenvalue weighted by molar-refractivity contribution is 5.26. The second kappa shape index (κ2) is 7.60. The van der Waals surface area contributed by atoms with Crippen LogP contribution in [0.25, 0.3) is 0 Å². The number of aliphatic hydroxyl groups is 1. The molecule has 0 saturated heterocycles. The number of nitrogens with zero attached hydrogens (tertiary/aromatic N) is 2. The number of hydrogen-bond acceptors (Lipinski definition) is 4. The number of aliphatic hydroxyl groups excluding tert-OH is 1. The van der Waals surface area contributed by atoms with Crippen molar-refractivity contribution in [3.63, 3.8) is 0 Å². The Morgan fingerprint density at radius 1 is 1.21 bits per heavy atom. The van der Waals surface area contributed by atoms with Crippen molar-refractivity contribution in [2.24, 2.45) is 0 Å². The average Bonchev–Trinajstić information content (AvgIpc) is 2.29. The number of ether oxygens (including phenoxy) is 1. The predicted molar refractivity (Wildman–Crippen MR) is 50.1 cm³/mol. The third-order valence-corrected chi connectivity index (χ3v) is 1.39. The molecule has 4 heteroatoms. The molecule has 0 saturated carbocycles. The molecule has 0 heterocycles. The van der Waals surface area contributed by atoms with Crippen molar-refractivity contribution in [1.29, 1.82) is 10.5 Å². The monoisotopic (exact) mass is 190 g/mol. The molecule has 0 bridgehead atoms. The summed E-state index contributed by atoms with van der Waals surface area (Å²) in [5.74, 6) is 0.817. The molecule has 1 aromatic carbocycles. The molecule has 4 nitrogen and oxygen atoms in total. The zero-order chi connectivity index (χ0) is 10.8. The Morgan fingerprint density at radius 3 is 2.00 bits per heavy atom. The van der Waals surface area contributed by atoms with Gasteiger partial charge in [-0.05, 0) is 17.7 Å². The van der Waals surface area contributed by atoms with E-state index in [-0.39, 0.29) is 6.61 Å². The lowest BCUT2D eigenvalue weighted by Gasteiger charge is -1.98. The minimum atomic E-state index is 0.0873. The van der Waals surface area contributed by atoms with Gasteiger partial charge < -0.3 is 9.84 Å². The minimum Gasteiger partial charge on any atom is -0.497 e. The summed E-state index contributed by atoms with van der Waals surface area (Å²) in [4.78, 5) is 0. The summed E-state index contributed by atoms with van der Waals surface area (Å²) in [5, 5.41) is 23.2. The highest BCUT2D eigenvalue weighted by atomic mass is 16.5. The van der Waals surface area contributed by atoms with E-state index in [1.807, 2.05) is 24.3 Å². The molecular weight excluding hydrogens is 180 g/mol. The van der Waals surface area contributed by atoms with Gasteiger partial charge in [0.25, 0.3) is 0 Å². The predicted octanol–water partition coefficient (Wildman–Crippen LogP) is 1.22. The largest absolute Gasteiger partial charge is 0.497 e. The van der Waals surface area contributed by atoms with Crippen molar-refractivity contribution in [3.05, 3.63) is 29.8 Å². The fraction of sp³-hybridized carbons (Fsp3) is 0.200. The molecule has 1 rings (SSSR count). The van der Waals surface area contributed by atoms with Crippen LogP contribution in [0.3, 0.4) is 0 Å². The molecule has 0 fully saturated rings. The molecule has 72 valence electrons. The van der Waals surface area contributed by atoms with Crippen molar-refractivity contribution >= 4 is 0 Å². The summed E-state index contributed by atoms with van der Waals surface area (Å²) in [7, 11) is 1.62. The van der Waals surface area contributed by atoms with Gasteiger partial charge in [0.1, 0.15) is 5.75 Å². The summed E-state index contributed by atoms with van der Waals surface area (Å²) in [6.45, 7) is 0.0873. The quantitative estimate of drug-likeness (QED) is 0.760. The fourth-order valence-electron chi connectivity index (χ4n) is 0.731. The van der Waals surface area contributed by atoms with Crippen LogP contribution in [0, 0.1) is 22.7 Å². The number of rotatable bonds is 2. The van der Waals surface area contributed by atoms with Crippen molar-refractivity contribution in [3.8, 4) is 17.9 Å². The van der Waals surface area contributed by atoms with Crippen LogP contribution in [0.15, 0.2) is 24.3 Å². The molecule has 0 atom stereocenters. The molecule has 0 spiro atoms. The second-order valence-electron chi connectivity index (χ2n) is 2.23. The lowest BCUT2D eigenvalue weighted by atomic mass is 10.2. The van der Waals surface area contributed by atoms with Gasteiger partial charge in [-0.2, -0.15) is 10.5 Å². The Kier molecular flexibility index (Phi) is 6.49. The molecule has 1 N–H and O–H groups in total. The van der Waals surface area contributed by atoms with Crippen molar-refractivity contribution in [1.82, 2.24) is 0 Å². The number of benzene rings is 1. The van der Waals surface area contributed by atoms with Crippen LogP contribution in [-0.2, 0) is 6.61 Å². The molecule has 0 radical (unpaired) electrons. The van der Waals surface area contributed by atoms with Gasteiger partial charge in [0, 0.05) is 0 Å². The van der Waals surface area contributed by atoms with Crippen molar-refractivity contribution < 1.29 is 9.84 Å². The Labute approximate surface area is 82.6 Å². The lowest BCUT2D eigenvalue weighted by Crippen LogP contribution is -1.84. The van der Waals surface area contributed by atoms with E-state index < -0.39 is 0 Å². The van der Waals surface area contributed by atoms with E-state index in [1.54, 1.807) is 7.11 Å². The second-order valence-corrected chi connectivity index (χ2v) is 2.23. The maximum absolute atomic E-state index is 8.66. The Bertz CT molecular complexity index is 298. The summed E-state index contributed by atoms with van der Waals surface area (Å²) >= 11 is 0. The van der Waals surface area contributed by atoms with E-state index in [0.717, 1.165) is 11.3 Å². The summed E-state index contributed by atoms with van der Waals surface area (Å²) in [5.41, 5.74) is 0.904. The van der Waals surface area contributed by atoms with E-state index >= 15 is 0 Å². The molecule has 0 aromatic heterocycles. The number of nitriles is 2. The first kappa shape index (κ1) is 12.0. The van der Waals surface area contributed by atoms with Crippen LogP contribution in [0.1, 0.15) is 5.56 Å². The lowest BCUT2D eigenvalue weighted by molar-refractivity contribution is 0.281. The number of hydrogen-bond donors (Lipinski definition) is 1. The van der Waals surface area contributed by atoms with E-state index in [4.69, 9.17) is 20.4 Å². The SMILES string of the molecule is COc1ccc(CO)cc1.N#CC#N. The van der Waals surface area contributed by atoms with Crippen LogP contribution >= 0.6 is 0 Å². The highest BCUT2D eigenvalue weighted by Gasteiger charge is 1.89. The summed E-state index contributed by atoms with van der Waals surface area (Å²) in [6.07, 6.45) is 0. The van der Waals surface area contributed by atoms with Gasteiger partial charge in [0.2, 0.25) is 0 Å². The minimum absolute atomic E-state index is 0.0873. The first-order chi connectivity index (χ1) is 6.78. The molecular formula is C10H10N2O2. The zero-order valence-electron chi connectivity index (χ0n) is 7.77. The normalized spacial score (nSPS) is 7.43. The van der Waals surface area contributed by atoms with Crippen LogP contribution in [-0.4, -0.2) is 12.2 Å². The topological polar surface area (TPSA) is 77.0 Å². The van der Waals surface area contributed by atoms with E-state index in [2.05, 4.69) is 0 Å². The van der Waals surface area contributed by atoms with Crippen LogP contribution in [0.2, 0.25) is 0 Å². The number of methoxy groups -OCH3 is 1. The average molecular weight is 190 g/mol. The van der Waals surface area contributed by atoms with E-state index in [1.165, 1.54) is 12.1 Å². The van der Waals surface area contributed by atoms with Crippen molar-refractivity contribution in [2.75, 3.05) is 7.11 Å². The van der Waals surface area contributed by atoms with Crippen molar-refractivity contribution in [2.45, 2.75) is 6.61 Å². The molecule has 0 aliphatic carbocycles. The van der Waals surface area contributed by atoms with Gasteiger partial charge >= 0.3 is 0 Å². The van der Waals surface area contributed by atoms with Gasteiger partial charge in [-0.15, -0.1) is 0 Å². The molecule has 0 aliphatic heterocycles. The first-order valence-corrected chi connectivity index (χ1v) is 3.80. The maximum Gasteiger partial charge on any atom is 0.181 e. The maximum atomic E-state index is 8.66.